The first-order valence-electron chi connectivity index (χ1n) is 10.9. The number of hydrogen-bond donors (Lipinski definition) is 1. The van der Waals surface area contributed by atoms with Gasteiger partial charge in [0.15, 0.2) is 5.70 Å². The molecule has 1 aliphatic heterocycles. The molecule has 0 aliphatic carbocycles. The van der Waals surface area contributed by atoms with Gasteiger partial charge in [-0.1, -0.05) is 25.1 Å². The van der Waals surface area contributed by atoms with Crippen LogP contribution in [0.25, 0.3) is 4.85 Å². The molecule has 0 fully saturated rings. The molecule has 0 saturated carbocycles. The predicted octanol–water partition coefficient (Wildman–Crippen LogP) is 5.39. The number of nitrogens with one attached hydrogen (secondary N) is 1. The zero-order valence-corrected chi connectivity index (χ0v) is 19.3. The number of amides is 2. The Morgan fingerprint density at radius 1 is 1.26 bits per heavy atom. The fraction of sp³-hybridized carbons (Fsp3) is 0.308. The zero-order chi connectivity index (χ0) is 25.9. The van der Waals surface area contributed by atoms with Crippen molar-refractivity contribution in [3.8, 4) is 6.07 Å². The molecular weight excluding hydrogens is 457 g/mol. The van der Waals surface area contributed by atoms with E-state index in [4.69, 9.17) is 11.8 Å². The van der Waals surface area contributed by atoms with Crippen LogP contribution in [0.5, 0.6) is 0 Å². The van der Waals surface area contributed by atoms with Crippen LogP contribution in [0.4, 0.5) is 18.9 Å². The van der Waals surface area contributed by atoms with Crippen LogP contribution in [0, 0.1) is 23.8 Å². The number of alkyl halides is 3. The minimum atomic E-state index is -4.63. The van der Waals surface area contributed by atoms with Gasteiger partial charge in [-0.15, -0.1) is 0 Å². The Kier molecular flexibility index (Phi) is 7.31. The Morgan fingerprint density at radius 3 is 2.46 bits per heavy atom. The second-order valence-electron chi connectivity index (χ2n) is 8.31. The molecule has 0 spiro atoms. The summed E-state index contributed by atoms with van der Waals surface area (Å²) in [4.78, 5) is 31.7. The standard InChI is InChI=1S/C26H23F3N4O2/c1-5-15(2)32-24(34)22-21(18-11-9-17(14-30)10-12-18)23(31-4)16(3)33(25(22)35)20-8-6-7-19(13-20)26(27,28)29/h6-13,15,21-22H,5H2,1-3H3,(H,32,34). The number of hydrogen-bond acceptors (Lipinski definition) is 3. The van der Waals surface area contributed by atoms with Crippen molar-refractivity contribution in [2.75, 3.05) is 4.90 Å². The van der Waals surface area contributed by atoms with E-state index in [9.17, 15) is 22.8 Å². The molecule has 3 unspecified atom stereocenters. The fourth-order valence-electron chi connectivity index (χ4n) is 4.05. The van der Waals surface area contributed by atoms with Crippen molar-refractivity contribution < 1.29 is 22.8 Å². The molecule has 6 nitrogen and oxygen atoms in total. The number of allylic oxidation sites excluding steroid dienone is 2. The van der Waals surface area contributed by atoms with Crippen molar-refractivity contribution in [3.05, 3.63) is 88.0 Å². The van der Waals surface area contributed by atoms with Crippen LogP contribution in [-0.4, -0.2) is 17.9 Å². The Balaban J connectivity index is 2.22. The molecule has 0 saturated heterocycles. The minimum absolute atomic E-state index is 0.0658. The molecule has 3 rings (SSSR count). The summed E-state index contributed by atoms with van der Waals surface area (Å²) in [6.45, 7) is 12.9. The zero-order valence-electron chi connectivity index (χ0n) is 19.3. The van der Waals surface area contributed by atoms with Gasteiger partial charge in [0, 0.05) is 23.3 Å². The molecule has 2 amide bonds. The number of carbonyl (C=O) groups excluding carboxylic acids is 2. The molecule has 9 heteroatoms. The van der Waals surface area contributed by atoms with Crippen molar-refractivity contribution >= 4 is 17.5 Å². The van der Waals surface area contributed by atoms with Crippen LogP contribution in [0.15, 0.2) is 59.9 Å². The first-order valence-corrected chi connectivity index (χ1v) is 10.9. The Hall–Kier alpha value is -4.11. The normalized spacial score (nSPS) is 19.1. The summed E-state index contributed by atoms with van der Waals surface area (Å²) in [5.74, 6) is -3.70. The highest BCUT2D eigenvalue weighted by Gasteiger charge is 2.47. The highest BCUT2D eigenvalue weighted by Crippen LogP contribution is 2.43. The molecular formula is C26H23F3N4O2. The second kappa shape index (κ2) is 10.0. The highest BCUT2D eigenvalue weighted by molar-refractivity contribution is 6.12. The molecule has 0 bridgehead atoms. The third-order valence-corrected chi connectivity index (χ3v) is 6.05. The van der Waals surface area contributed by atoms with Crippen LogP contribution < -0.4 is 10.2 Å². The number of benzene rings is 2. The lowest BCUT2D eigenvalue weighted by Gasteiger charge is -2.38. The molecule has 0 radical (unpaired) electrons. The van der Waals surface area contributed by atoms with E-state index in [0.29, 0.717) is 17.5 Å². The Morgan fingerprint density at radius 2 is 1.91 bits per heavy atom. The maximum atomic E-state index is 13.8. The third kappa shape index (κ3) is 5.04. The van der Waals surface area contributed by atoms with Crippen molar-refractivity contribution in [2.45, 2.75) is 45.3 Å². The lowest BCUT2D eigenvalue weighted by Crippen LogP contribution is -2.51. The number of rotatable bonds is 5. The van der Waals surface area contributed by atoms with E-state index in [1.165, 1.54) is 31.2 Å². The second-order valence-corrected chi connectivity index (χ2v) is 8.31. The predicted molar refractivity (Wildman–Crippen MR) is 124 cm³/mol. The van der Waals surface area contributed by atoms with E-state index in [0.717, 1.165) is 17.0 Å². The van der Waals surface area contributed by atoms with Gasteiger partial charge in [-0.3, -0.25) is 14.5 Å². The molecule has 2 aromatic carbocycles. The van der Waals surface area contributed by atoms with Gasteiger partial charge in [0.25, 0.3) is 0 Å². The lowest BCUT2D eigenvalue weighted by atomic mass is 9.78. The quantitative estimate of drug-likeness (QED) is 0.461. The topological polar surface area (TPSA) is 77.6 Å². The van der Waals surface area contributed by atoms with Crippen molar-refractivity contribution in [1.82, 2.24) is 5.32 Å². The third-order valence-electron chi connectivity index (χ3n) is 6.05. The number of anilines is 1. The van der Waals surface area contributed by atoms with Crippen LogP contribution in [0.1, 0.15) is 49.8 Å². The minimum Gasteiger partial charge on any atom is -0.353 e. The average Bonchev–Trinajstić information content (AvgIpc) is 2.83. The number of nitriles is 1. The summed E-state index contributed by atoms with van der Waals surface area (Å²) in [7, 11) is 0. The van der Waals surface area contributed by atoms with E-state index < -0.39 is 35.4 Å². The summed E-state index contributed by atoms with van der Waals surface area (Å²) in [6.07, 6.45) is -4.04. The maximum Gasteiger partial charge on any atom is 0.416 e. The molecule has 1 heterocycles. The molecule has 3 atom stereocenters. The van der Waals surface area contributed by atoms with Gasteiger partial charge in [-0.05, 0) is 56.2 Å². The highest BCUT2D eigenvalue weighted by atomic mass is 19.4. The van der Waals surface area contributed by atoms with Gasteiger partial charge in [0.2, 0.25) is 11.8 Å². The smallest absolute Gasteiger partial charge is 0.353 e. The summed E-state index contributed by atoms with van der Waals surface area (Å²) in [6, 6.07) is 12.2. The lowest BCUT2D eigenvalue weighted by molar-refractivity contribution is -0.138. The van der Waals surface area contributed by atoms with Crippen LogP contribution in [-0.2, 0) is 15.8 Å². The first-order chi connectivity index (χ1) is 16.5. The van der Waals surface area contributed by atoms with Crippen molar-refractivity contribution in [1.29, 1.82) is 5.26 Å². The van der Waals surface area contributed by atoms with Gasteiger partial charge in [-0.25, -0.2) is 4.85 Å². The van der Waals surface area contributed by atoms with E-state index in [1.54, 1.807) is 19.1 Å². The SMILES string of the molecule is [C-]#[N+]C1=C(C)N(c2cccc(C(F)(F)F)c2)C(=O)C(C(=O)NC(C)CC)C1c1ccc(C#N)cc1. The summed E-state index contributed by atoms with van der Waals surface area (Å²) in [5, 5.41) is 11.9. The van der Waals surface area contributed by atoms with Gasteiger partial charge in [-0.2, -0.15) is 18.4 Å². The van der Waals surface area contributed by atoms with Crippen molar-refractivity contribution in [3.63, 3.8) is 0 Å². The van der Waals surface area contributed by atoms with E-state index in [2.05, 4.69) is 10.2 Å². The molecule has 1 aliphatic rings. The van der Waals surface area contributed by atoms with E-state index in [-0.39, 0.29) is 23.1 Å². The average molecular weight is 480 g/mol. The molecule has 1 N–H and O–H groups in total. The molecule has 35 heavy (non-hydrogen) atoms. The van der Waals surface area contributed by atoms with E-state index in [1.807, 2.05) is 13.0 Å². The van der Waals surface area contributed by atoms with Gasteiger partial charge >= 0.3 is 6.18 Å². The van der Waals surface area contributed by atoms with Crippen molar-refractivity contribution in [2.24, 2.45) is 5.92 Å². The maximum absolute atomic E-state index is 13.8. The monoisotopic (exact) mass is 480 g/mol. The first kappa shape index (κ1) is 25.5. The molecule has 180 valence electrons. The molecule has 0 aromatic heterocycles. The summed E-state index contributed by atoms with van der Waals surface area (Å²) >= 11 is 0. The van der Waals surface area contributed by atoms with Crippen LogP contribution in [0.3, 0.4) is 0 Å². The largest absolute Gasteiger partial charge is 0.416 e. The summed E-state index contributed by atoms with van der Waals surface area (Å²) in [5.41, 5.74) is 0.0306. The number of carbonyl (C=O) groups is 2. The molecule has 2 aromatic rings. The number of halogens is 3. The summed E-state index contributed by atoms with van der Waals surface area (Å²) < 4.78 is 40.1. The Labute approximate surface area is 201 Å². The van der Waals surface area contributed by atoms with E-state index >= 15 is 0 Å². The fourth-order valence-corrected chi connectivity index (χ4v) is 4.05. The van der Waals surface area contributed by atoms with Crippen LogP contribution >= 0.6 is 0 Å². The van der Waals surface area contributed by atoms with Gasteiger partial charge in [0.05, 0.1) is 23.8 Å². The van der Waals surface area contributed by atoms with Gasteiger partial charge in [0.1, 0.15) is 5.92 Å². The van der Waals surface area contributed by atoms with Crippen LogP contribution in [0.2, 0.25) is 0 Å². The van der Waals surface area contributed by atoms with Gasteiger partial charge < -0.3 is 5.32 Å². The number of nitrogens with zero attached hydrogens (tertiary/aromatic N) is 3. The Bertz CT molecular complexity index is 1250.